The largest absolute Gasteiger partial charge is 0.362 e. The van der Waals surface area contributed by atoms with Gasteiger partial charge < -0.3 is 10.1 Å². The zero-order chi connectivity index (χ0) is 14.6. The number of ketones is 1. The van der Waals surface area contributed by atoms with Gasteiger partial charge >= 0.3 is 0 Å². The van der Waals surface area contributed by atoms with E-state index in [1.54, 1.807) is 13.8 Å². The minimum absolute atomic E-state index is 0.0578. The maximum atomic E-state index is 11.8. The van der Waals surface area contributed by atoms with Crippen LogP contribution in [0.2, 0.25) is 0 Å². The highest BCUT2D eigenvalue weighted by molar-refractivity contribution is 6.01. The first-order chi connectivity index (χ1) is 8.82. The van der Waals surface area contributed by atoms with Crippen LogP contribution in [-0.4, -0.2) is 54.2 Å². The third kappa shape index (κ3) is 4.13. The van der Waals surface area contributed by atoms with Gasteiger partial charge in [-0.25, -0.2) is 0 Å². The number of imide groups is 1. The van der Waals surface area contributed by atoms with Crippen LogP contribution in [-0.2, 0) is 23.9 Å². The molecule has 0 aromatic carbocycles. The molecule has 1 aliphatic heterocycles. The molecule has 7 heteroatoms. The summed E-state index contributed by atoms with van der Waals surface area (Å²) in [5.41, 5.74) is 0. The summed E-state index contributed by atoms with van der Waals surface area (Å²) in [5.74, 6) is -1.84. The zero-order valence-corrected chi connectivity index (χ0v) is 11.3. The lowest BCUT2D eigenvalue weighted by Gasteiger charge is -2.26. The number of hydrogen-bond donors (Lipinski definition) is 1. The minimum atomic E-state index is -0.612. The Hall–Kier alpha value is -1.76. The van der Waals surface area contributed by atoms with Crippen molar-refractivity contribution in [3.8, 4) is 0 Å². The molecule has 0 aliphatic carbocycles. The van der Waals surface area contributed by atoms with Gasteiger partial charge in [0.1, 0.15) is 19.8 Å². The van der Waals surface area contributed by atoms with Gasteiger partial charge in [-0.3, -0.25) is 24.1 Å². The van der Waals surface area contributed by atoms with Crippen molar-refractivity contribution < 1.29 is 23.9 Å². The molecule has 3 amide bonds. The molecule has 19 heavy (non-hydrogen) atoms. The fourth-order valence-electron chi connectivity index (χ4n) is 1.80. The predicted octanol–water partition coefficient (Wildman–Crippen LogP) is -0.898. The third-order valence-electron chi connectivity index (χ3n) is 2.78. The SMILES string of the molecule is CC(=O)C(NC(=O)CN1C(=O)COCC1=O)C(C)C. The monoisotopic (exact) mass is 270 g/mol. The normalized spacial score (nSPS) is 17.6. The highest BCUT2D eigenvalue weighted by Gasteiger charge is 2.29. The summed E-state index contributed by atoms with van der Waals surface area (Å²) in [7, 11) is 0. The first-order valence-electron chi connectivity index (χ1n) is 6.03. The maximum absolute atomic E-state index is 11.8. The molecule has 0 radical (unpaired) electrons. The molecular weight excluding hydrogens is 252 g/mol. The van der Waals surface area contributed by atoms with E-state index in [-0.39, 0.29) is 31.5 Å². The average Bonchev–Trinajstić information content (AvgIpc) is 2.30. The minimum Gasteiger partial charge on any atom is -0.362 e. The third-order valence-corrected chi connectivity index (χ3v) is 2.78. The lowest BCUT2D eigenvalue weighted by molar-refractivity contribution is -0.160. The molecular formula is C12H18N2O5. The molecule has 1 rings (SSSR count). The summed E-state index contributed by atoms with van der Waals surface area (Å²) in [6.07, 6.45) is 0. The summed E-state index contributed by atoms with van der Waals surface area (Å²) in [5, 5.41) is 2.53. The second-order valence-electron chi connectivity index (χ2n) is 4.77. The van der Waals surface area contributed by atoms with Gasteiger partial charge in [0.05, 0.1) is 6.04 Å². The van der Waals surface area contributed by atoms with E-state index in [0.29, 0.717) is 0 Å². The zero-order valence-electron chi connectivity index (χ0n) is 11.3. The summed E-state index contributed by atoms with van der Waals surface area (Å²) in [6, 6.07) is -0.612. The number of nitrogens with one attached hydrogen (secondary N) is 1. The number of ether oxygens (including phenoxy) is 1. The van der Waals surface area contributed by atoms with Gasteiger partial charge in [-0.1, -0.05) is 13.8 Å². The van der Waals surface area contributed by atoms with Crippen LogP contribution in [0.4, 0.5) is 0 Å². The fraction of sp³-hybridized carbons (Fsp3) is 0.667. The Labute approximate surface area is 111 Å². The van der Waals surface area contributed by atoms with Crippen LogP contribution < -0.4 is 5.32 Å². The Kier molecular flexibility index (Phi) is 5.17. The summed E-state index contributed by atoms with van der Waals surface area (Å²) in [4.78, 5) is 46.8. The predicted molar refractivity (Wildman–Crippen MR) is 65.0 cm³/mol. The molecule has 1 unspecified atom stereocenters. The smallest absolute Gasteiger partial charge is 0.255 e. The van der Waals surface area contributed by atoms with Crippen LogP contribution in [0.3, 0.4) is 0 Å². The van der Waals surface area contributed by atoms with Gasteiger partial charge in [-0.15, -0.1) is 0 Å². The first-order valence-corrected chi connectivity index (χ1v) is 6.03. The molecule has 0 saturated carbocycles. The highest BCUT2D eigenvalue weighted by atomic mass is 16.5. The van der Waals surface area contributed by atoms with Crippen molar-refractivity contribution in [3.05, 3.63) is 0 Å². The van der Waals surface area contributed by atoms with Crippen molar-refractivity contribution >= 4 is 23.5 Å². The molecule has 0 spiro atoms. The Morgan fingerprint density at radius 1 is 1.26 bits per heavy atom. The summed E-state index contributed by atoms with van der Waals surface area (Å²) < 4.78 is 4.74. The van der Waals surface area contributed by atoms with Crippen molar-refractivity contribution in [1.82, 2.24) is 10.2 Å². The Balaban J connectivity index is 2.61. The lowest BCUT2D eigenvalue weighted by Crippen LogP contribution is -2.53. The van der Waals surface area contributed by atoms with Gasteiger partial charge in [-0.2, -0.15) is 0 Å². The van der Waals surface area contributed by atoms with Gasteiger partial charge in [0.2, 0.25) is 5.91 Å². The molecule has 0 bridgehead atoms. The number of Topliss-reactive ketones (excluding diaryl/α,β-unsaturated/α-hetero) is 1. The summed E-state index contributed by atoms with van der Waals surface area (Å²) in [6.45, 7) is 4.20. The van der Waals surface area contributed by atoms with E-state index in [1.807, 2.05) is 0 Å². The molecule has 106 valence electrons. The molecule has 0 aromatic heterocycles. The van der Waals surface area contributed by atoms with E-state index in [0.717, 1.165) is 4.90 Å². The van der Waals surface area contributed by atoms with E-state index in [4.69, 9.17) is 4.74 Å². The van der Waals surface area contributed by atoms with E-state index < -0.39 is 23.8 Å². The molecule has 1 N–H and O–H groups in total. The Morgan fingerprint density at radius 3 is 2.21 bits per heavy atom. The second-order valence-corrected chi connectivity index (χ2v) is 4.77. The van der Waals surface area contributed by atoms with E-state index >= 15 is 0 Å². The topological polar surface area (TPSA) is 92.8 Å². The number of hydrogen-bond acceptors (Lipinski definition) is 5. The fourth-order valence-corrected chi connectivity index (χ4v) is 1.80. The standard InChI is InChI=1S/C12H18N2O5/c1-7(2)12(8(3)15)13-9(16)4-14-10(17)5-19-6-11(14)18/h7,12H,4-6H2,1-3H3,(H,13,16). The van der Waals surface area contributed by atoms with E-state index in [1.165, 1.54) is 6.92 Å². The van der Waals surface area contributed by atoms with Gasteiger partial charge in [0.15, 0.2) is 5.78 Å². The number of morpholine rings is 1. The highest BCUT2D eigenvalue weighted by Crippen LogP contribution is 2.04. The molecule has 1 heterocycles. The number of carbonyl (C=O) groups excluding carboxylic acids is 4. The lowest BCUT2D eigenvalue weighted by atomic mass is 10.0. The molecule has 1 aliphatic rings. The van der Waals surface area contributed by atoms with Gasteiger partial charge in [0, 0.05) is 0 Å². The van der Waals surface area contributed by atoms with Crippen LogP contribution in [0.1, 0.15) is 20.8 Å². The number of nitrogens with zero attached hydrogens (tertiary/aromatic N) is 1. The molecule has 0 aromatic rings. The Morgan fingerprint density at radius 2 is 1.79 bits per heavy atom. The average molecular weight is 270 g/mol. The van der Waals surface area contributed by atoms with Gasteiger partial charge in [-0.05, 0) is 12.8 Å². The molecule has 1 atom stereocenters. The van der Waals surface area contributed by atoms with Crippen LogP contribution in [0.25, 0.3) is 0 Å². The van der Waals surface area contributed by atoms with Crippen molar-refractivity contribution in [3.63, 3.8) is 0 Å². The van der Waals surface area contributed by atoms with Crippen LogP contribution in [0, 0.1) is 5.92 Å². The Bertz CT molecular complexity index is 389. The van der Waals surface area contributed by atoms with Crippen molar-refractivity contribution in [2.75, 3.05) is 19.8 Å². The quantitative estimate of drug-likeness (QED) is 0.654. The van der Waals surface area contributed by atoms with Crippen molar-refractivity contribution in [2.24, 2.45) is 5.92 Å². The first kappa shape index (κ1) is 15.3. The maximum Gasteiger partial charge on any atom is 0.255 e. The van der Waals surface area contributed by atoms with Gasteiger partial charge in [0.25, 0.3) is 11.8 Å². The van der Waals surface area contributed by atoms with Crippen LogP contribution >= 0.6 is 0 Å². The van der Waals surface area contributed by atoms with Crippen molar-refractivity contribution in [1.29, 1.82) is 0 Å². The number of rotatable bonds is 5. The number of carbonyl (C=O) groups is 4. The summed E-state index contributed by atoms with van der Waals surface area (Å²) >= 11 is 0. The second kappa shape index (κ2) is 6.42. The van der Waals surface area contributed by atoms with Crippen LogP contribution in [0.15, 0.2) is 0 Å². The van der Waals surface area contributed by atoms with E-state index in [9.17, 15) is 19.2 Å². The molecule has 1 saturated heterocycles. The molecule has 7 nitrogen and oxygen atoms in total. The van der Waals surface area contributed by atoms with Crippen LogP contribution in [0.5, 0.6) is 0 Å². The van der Waals surface area contributed by atoms with Crippen molar-refractivity contribution in [2.45, 2.75) is 26.8 Å². The van der Waals surface area contributed by atoms with E-state index in [2.05, 4.69) is 5.32 Å². The molecule has 1 fully saturated rings. The number of amides is 3.